The fraction of sp³-hybridized carbons (Fsp3) is 0.769. The molecule has 0 fully saturated rings. The molecule has 1 aromatic heterocycles. The van der Waals surface area contributed by atoms with E-state index in [1.54, 1.807) is 0 Å². The molecule has 1 aromatic rings. The van der Waals surface area contributed by atoms with E-state index in [0.717, 1.165) is 38.9 Å². The number of unbranched alkanes of at least 4 members (excludes halogenated alkanes) is 3. The number of aliphatic hydroxyl groups excluding tert-OH is 1. The Morgan fingerprint density at radius 3 is 2.88 bits per heavy atom. The number of nitrogens with zero attached hydrogens (tertiary/aromatic N) is 2. The van der Waals surface area contributed by atoms with E-state index in [2.05, 4.69) is 23.5 Å². The first-order chi connectivity index (χ1) is 8.36. The Hall–Kier alpha value is -0.870. The molecule has 4 heteroatoms. The lowest BCUT2D eigenvalue weighted by atomic mass is 10.2. The van der Waals surface area contributed by atoms with E-state index >= 15 is 0 Å². The number of aliphatic hydroxyl groups is 1. The van der Waals surface area contributed by atoms with Gasteiger partial charge in [-0.15, -0.1) is 0 Å². The number of aromatic nitrogens is 2. The van der Waals surface area contributed by atoms with Gasteiger partial charge in [0.2, 0.25) is 0 Å². The van der Waals surface area contributed by atoms with Crippen LogP contribution in [0.2, 0.25) is 0 Å². The summed E-state index contributed by atoms with van der Waals surface area (Å²) in [6.07, 6.45) is 9.62. The van der Waals surface area contributed by atoms with Gasteiger partial charge < -0.3 is 10.4 Å². The average molecular weight is 239 g/mol. The summed E-state index contributed by atoms with van der Waals surface area (Å²) in [4.78, 5) is 0. The van der Waals surface area contributed by atoms with E-state index in [9.17, 15) is 0 Å². The fourth-order valence-electron chi connectivity index (χ4n) is 1.80. The summed E-state index contributed by atoms with van der Waals surface area (Å²) >= 11 is 0. The predicted molar refractivity (Wildman–Crippen MR) is 69.8 cm³/mol. The Bertz CT molecular complexity index is 286. The Balaban J connectivity index is 2.01. The molecule has 0 unspecified atom stereocenters. The largest absolute Gasteiger partial charge is 0.396 e. The number of hydrogen-bond donors (Lipinski definition) is 2. The molecule has 0 atom stereocenters. The summed E-state index contributed by atoms with van der Waals surface area (Å²) in [5.41, 5.74) is 1.26. The molecule has 0 amide bonds. The highest BCUT2D eigenvalue weighted by Crippen LogP contribution is 2.00. The van der Waals surface area contributed by atoms with Crippen LogP contribution in [0.1, 0.15) is 44.6 Å². The number of nitrogens with one attached hydrogen (secondary N) is 1. The van der Waals surface area contributed by atoms with Gasteiger partial charge in [0.15, 0.2) is 0 Å². The van der Waals surface area contributed by atoms with Crippen molar-refractivity contribution in [1.82, 2.24) is 15.1 Å². The quantitative estimate of drug-likeness (QED) is 0.613. The number of aryl methyl sites for hydroxylation is 1. The van der Waals surface area contributed by atoms with Crippen molar-refractivity contribution in [2.45, 2.75) is 52.1 Å². The summed E-state index contributed by atoms with van der Waals surface area (Å²) in [6, 6.07) is 0. The Labute approximate surface area is 104 Å². The standard InChI is InChI=1S/C13H25N3O/c1-2-8-16-12-13(11-15-16)10-14-7-5-3-4-6-9-17/h11-12,14,17H,2-10H2,1H3. The highest BCUT2D eigenvalue weighted by Gasteiger charge is 1.97. The van der Waals surface area contributed by atoms with Crippen LogP contribution in [-0.4, -0.2) is 28.0 Å². The van der Waals surface area contributed by atoms with Crippen molar-refractivity contribution >= 4 is 0 Å². The molecule has 0 aliphatic carbocycles. The van der Waals surface area contributed by atoms with Crippen molar-refractivity contribution in [3.05, 3.63) is 18.0 Å². The molecule has 0 aliphatic rings. The van der Waals surface area contributed by atoms with E-state index in [1.165, 1.54) is 18.4 Å². The first-order valence-electron chi connectivity index (χ1n) is 6.69. The molecule has 4 nitrogen and oxygen atoms in total. The number of rotatable bonds is 10. The molecule has 1 heterocycles. The van der Waals surface area contributed by atoms with Gasteiger partial charge in [0.1, 0.15) is 0 Å². The third-order valence-corrected chi connectivity index (χ3v) is 2.73. The molecule has 0 saturated carbocycles. The van der Waals surface area contributed by atoms with Gasteiger partial charge in [-0.05, 0) is 25.8 Å². The van der Waals surface area contributed by atoms with Gasteiger partial charge in [-0.25, -0.2) is 0 Å². The second-order valence-electron chi connectivity index (χ2n) is 4.43. The smallest absolute Gasteiger partial charge is 0.0534 e. The molecular weight excluding hydrogens is 214 g/mol. The molecular formula is C13H25N3O. The third kappa shape index (κ3) is 6.44. The van der Waals surface area contributed by atoms with Gasteiger partial charge in [-0.2, -0.15) is 5.10 Å². The third-order valence-electron chi connectivity index (χ3n) is 2.73. The van der Waals surface area contributed by atoms with Gasteiger partial charge in [0, 0.05) is 31.5 Å². The number of hydrogen-bond acceptors (Lipinski definition) is 3. The zero-order valence-corrected chi connectivity index (χ0v) is 10.9. The van der Waals surface area contributed by atoms with Gasteiger partial charge in [0.25, 0.3) is 0 Å². The summed E-state index contributed by atoms with van der Waals surface area (Å²) in [5.74, 6) is 0. The summed E-state index contributed by atoms with van der Waals surface area (Å²) in [5, 5.41) is 16.4. The maximum absolute atomic E-state index is 8.64. The van der Waals surface area contributed by atoms with Crippen molar-refractivity contribution in [2.75, 3.05) is 13.2 Å². The molecule has 2 N–H and O–H groups in total. The van der Waals surface area contributed by atoms with E-state index in [-0.39, 0.29) is 0 Å². The van der Waals surface area contributed by atoms with Crippen LogP contribution < -0.4 is 5.32 Å². The van der Waals surface area contributed by atoms with Gasteiger partial charge in [0.05, 0.1) is 6.20 Å². The van der Waals surface area contributed by atoms with Crippen molar-refractivity contribution in [1.29, 1.82) is 0 Å². The van der Waals surface area contributed by atoms with Crippen LogP contribution in [0.5, 0.6) is 0 Å². The second kappa shape index (κ2) is 9.19. The second-order valence-corrected chi connectivity index (χ2v) is 4.43. The molecule has 1 rings (SSSR count). The summed E-state index contributed by atoms with van der Waals surface area (Å²) in [7, 11) is 0. The molecule has 0 aliphatic heterocycles. The summed E-state index contributed by atoms with van der Waals surface area (Å²) in [6.45, 7) is 5.44. The van der Waals surface area contributed by atoms with Gasteiger partial charge in [-0.3, -0.25) is 4.68 Å². The Kier molecular flexibility index (Phi) is 7.67. The Morgan fingerprint density at radius 1 is 1.29 bits per heavy atom. The van der Waals surface area contributed by atoms with Crippen LogP contribution in [0, 0.1) is 0 Å². The summed E-state index contributed by atoms with van der Waals surface area (Å²) < 4.78 is 2.00. The highest BCUT2D eigenvalue weighted by atomic mass is 16.2. The highest BCUT2D eigenvalue weighted by molar-refractivity contribution is 5.03. The minimum atomic E-state index is 0.323. The van der Waals surface area contributed by atoms with E-state index in [1.807, 2.05) is 10.9 Å². The van der Waals surface area contributed by atoms with Gasteiger partial charge >= 0.3 is 0 Å². The van der Waals surface area contributed by atoms with Crippen molar-refractivity contribution in [3.8, 4) is 0 Å². The van der Waals surface area contributed by atoms with E-state index in [0.29, 0.717) is 6.61 Å². The van der Waals surface area contributed by atoms with Crippen LogP contribution in [0.25, 0.3) is 0 Å². The molecule has 0 radical (unpaired) electrons. The molecule has 17 heavy (non-hydrogen) atoms. The zero-order valence-electron chi connectivity index (χ0n) is 10.9. The maximum Gasteiger partial charge on any atom is 0.0534 e. The first kappa shape index (κ1) is 14.2. The SMILES string of the molecule is CCCn1cc(CNCCCCCCO)cn1. The molecule has 0 bridgehead atoms. The van der Waals surface area contributed by atoms with Crippen LogP contribution in [0.15, 0.2) is 12.4 Å². The van der Waals surface area contributed by atoms with Crippen molar-refractivity contribution in [2.24, 2.45) is 0 Å². The van der Waals surface area contributed by atoms with Crippen molar-refractivity contribution in [3.63, 3.8) is 0 Å². The average Bonchev–Trinajstić information content (AvgIpc) is 2.76. The Morgan fingerprint density at radius 2 is 2.12 bits per heavy atom. The topological polar surface area (TPSA) is 50.1 Å². The lowest BCUT2D eigenvalue weighted by molar-refractivity contribution is 0.282. The molecule has 0 saturated heterocycles. The fourth-order valence-corrected chi connectivity index (χ4v) is 1.80. The van der Waals surface area contributed by atoms with Crippen LogP contribution in [0.3, 0.4) is 0 Å². The van der Waals surface area contributed by atoms with Crippen LogP contribution in [0.4, 0.5) is 0 Å². The minimum absolute atomic E-state index is 0.323. The predicted octanol–water partition coefficient (Wildman–Crippen LogP) is 1.94. The van der Waals surface area contributed by atoms with Crippen LogP contribution >= 0.6 is 0 Å². The molecule has 0 aromatic carbocycles. The maximum atomic E-state index is 8.64. The zero-order chi connectivity index (χ0) is 12.3. The normalized spacial score (nSPS) is 10.9. The van der Waals surface area contributed by atoms with Crippen LogP contribution in [-0.2, 0) is 13.1 Å². The van der Waals surface area contributed by atoms with Gasteiger partial charge in [-0.1, -0.05) is 19.8 Å². The monoisotopic (exact) mass is 239 g/mol. The minimum Gasteiger partial charge on any atom is -0.396 e. The first-order valence-corrected chi connectivity index (χ1v) is 6.69. The molecule has 0 spiro atoms. The molecule has 98 valence electrons. The van der Waals surface area contributed by atoms with Crippen molar-refractivity contribution < 1.29 is 5.11 Å². The van der Waals surface area contributed by atoms with E-state index in [4.69, 9.17) is 5.11 Å². The lowest BCUT2D eigenvalue weighted by Gasteiger charge is -2.02. The van der Waals surface area contributed by atoms with E-state index < -0.39 is 0 Å². The lowest BCUT2D eigenvalue weighted by Crippen LogP contribution is -2.14.